The van der Waals surface area contributed by atoms with Gasteiger partial charge in [-0.25, -0.2) is 4.98 Å². The lowest BCUT2D eigenvalue weighted by molar-refractivity contribution is 0.0108. The minimum Gasteiger partial charge on any atom is -0.491 e. The number of nitrogens with zero attached hydrogens (tertiary/aromatic N) is 4. The van der Waals surface area contributed by atoms with Crippen molar-refractivity contribution in [2.45, 2.75) is 39.3 Å². The summed E-state index contributed by atoms with van der Waals surface area (Å²) in [5.74, 6) is 0.130. The monoisotopic (exact) mass is 469 g/mol. The van der Waals surface area contributed by atoms with E-state index >= 15 is 0 Å². The number of carbonyl (C=O) groups is 2. The van der Waals surface area contributed by atoms with Crippen LogP contribution in [0.1, 0.15) is 48.0 Å². The summed E-state index contributed by atoms with van der Waals surface area (Å²) in [4.78, 5) is 37.8. The molecule has 0 radical (unpaired) electrons. The summed E-state index contributed by atoms with van der Waals surface area (Å²) in [6, 6.07) is 5.20. The molecular weight excluding hydrogens is 434 g/mol. The Labute approximate surface area is 201 Å². The molecule has 184 valence electrons. The molecule has 0 fully saturated rings. The molecule has 0 aliphatic carbocycles. The highest BCUT2D eigenvalue weighted by Crippen LogP contribution is 2.27. The number of methoxy groups -OCH3 is 1. The third-order valence-electron chi connectivity index (χ3n) is 6.14. The number of likely N-dealkylation sites (N-methyl/N-ethyl adjacent to an activating group) is 1. The Morgan fingerprint density at radius 2 is 2.06 bits per heavy atom. The number of fused-ring (bicyclic) bond motifs is 1. The van der Waals surface area contributed by atoms with Gasteiger partial charge >= 0.3 is 0 Å². The SMILES string of the molecule is CCCN1C[C@@H](C)[C@@H](OC)CN(C)C(=O)c2ccc(NC(=O)c3cnccn3)cc2OC[C@@H]1C. The lowest BCUT2D eigenvalue weighted by Gasteiger charge is -2.35. The lowest BCUT2D eigenvalue weighted by Crippen LogP contribution is -2.46. The van der Waals surface area contributed by atoms with Crippen LogP contribution in [0, 0.1) is 5.92 Å². The molecule has 0 spiro atoms. The fourth-order valence-electron chi connectivity index (χ4n) is 4.14. The predicted octanol–water partition coefficient (Wildman–Crippen LogP) is 2.94. The van der Waals surface area contributed by atoms with Crippen LogP contribution in [-0.4, -0.2) is 84.1 Å². The first kappa shape index (κ1) is 25.6. The Morgan fingerprint density at radius 3 is 2.74 bits per heavy atom. The Morgan fingerprint density at radius 1 is 1.26 bits per heavy atom. The average molecular weight is 470 g/mol. The van der Waals surface area contributed by atoms with E-state index in [0.29, 0.717) is 30.2 Å². The molecule has 1 N–H and O–H groups in total. The predicted molar refractivity (Wildman–Crippen MR) is 130 cm³/mol. The smallest absolute Gasteiger partial charge is 0.275 e. The number of hydrogen-bond donors (Lipinski definition) is 1. The molecule has 34 heavy (non-hydrogen) atoms. The van der Waals surface area contributed by atoms with Crippen molar-refractivity contribution in [2.75, 3.05) is 45.7 Å². The molecule has 1 aliphatic rings. The summed E-state index contributed by atoms with van der Waals surface area (Å²) in [5, 5.41) is 2.81. The van der Waals surface area contributed by atoms with Gasteiger partial charge in [-0.1, -0.05) is 13.8 Å². The number of anilines is 1. The van der Waals surface area contributed by atoms with E-state index in [1.54, 1.807) is 37.3 Å². The molecule has 0 unspecified atom stereocenters. The fraction of sp³-hybridized carbons (Fsp3) is 0.520. The van der Waals surface area contributed by atoms with Crippen LogP contribution in [0.4, 0.5) is 5.69 Å². The highest BCUT2D eigenvalue weighted by atomic mass is 16.5. The van der Waals surface area contributed by atoms with Crippen molar-refractivity contribution >= 4 is 17.5 Å². The maximum absolute atomic E-state index is 13.3. The first-order chi connectivity index (χ1) is 16.3. The Hall–Kier alpha value is -3.04. The normalized spacial score (nSPS) is 22.2. The molecule has 1 aliphatic heterocycles. The standard InChI is InChI=1S/C25H35N5O4/c1-6-11-30-14-17(2)23(33-5)15-29(4)25(32)20-8-7-19(12-22(20)34-16-18(30)3)28-24(31)21-13-26-9-10-27-21/h7-10,12-13,17-18,23H,6,11,14-16H2,1-5H3,(H,28,31)/t17-,18+,23+/m1/s1. The number of carbonyl (C=O) groups excluding carboxylic acids is 2. The molecule has 9 nitrogen and oxygen atoms in total. The zero-order valence-corrected chi connectivity index (χ0v) is 20.7. The molecule has 0 bridgehead atoms. The van der Waals surface area contributed by atoms with Gasteiger partial charge in [0.25, 0.3) is 11.8 Å². The van der Waals surface area contributed by atoms with Crippen molar-refractivity contribution in [1.82, 2.24) is 19.8 Å². The second-order valence-corrected chi connectivity index (χ2v) is 8.85. The van der Waals surface area contributed by atoms with Crippen molar-refractivity contribution < 1.29 is 19.1 Å². The van der Waals surface area contributed by atoms with Crippen LogP contribution in [0.25, 0.3) is 0 Å². The zero-order valence-electron chi connectivity index (χ0n) is 20.7. The van der Waals surface area contributed by atoms with Crippen LogP contribution in [0.5, 0.6) is 5.75 Å². The Kier molecular flexibility index (Phi) is 8.95. The second kappa shape index (κ2) is 11.9. The van der Waals surface area contributed by atoms with Crippen molar-refractivity contribution in [3.05, 3.63) is 48.0 Å². The van der Waals surface area contributed by atoms with Crippen molar-refractivity contribution in [3.8, 4) is 5.75 Å². The van der Waals surface area contributed by atoms with Crippen molar-refractivity contribution in [1.29, 1.82) is 0 Å². The average Bonchev–Trinajstić information content (AvgIpc) is 2.84. The van der Waals surface area contributed by atoms with E-state index in [0.717, 1.165) is 19.5 Å². The number of rotatable bonds is 5. The molecule has 3 rings (SSSR count). The summed E-state index contributed by atoms with van der Waals surface area (Å²) in [7, 11) is 3.47. The van der Waals surface area contributed by atoms with Crippen LogP contribution in [0.2, 0.25) is 0 Å². The molecule has 0 saturated heterocycles. The van der Waals surface area contributed by atoms with Gasteiger partial charge in [-0.05, 0) is 37.9 Å². The second-order valence-electron chi connectivity index (χ2n) is 8.85. The van der Waals surface area contributed by atoms with E-state index < -0.39 is 0 Å². The maximum atomic E-state index is 13.3. The van der Waals surface area contributed by atoms with Crippen LogP contribution in [-0.2, 0) is 4.74 Å². The fourth-order valence-corrected chi connectivity index (χ4v) is 4.14. The minimum absolute atomic E-state index is 0.0881. The first-order valence-corrected chi connectivity index (χ1v) is 11.7. The third-order valence-corrected chi connectivity index (χ3v) is 6.14. The van der Waals surface area contributed by atoms with Crippen LogP contribution in [0.3, 0.4) is 0 Å². The van der Waals surface area contributed by atoms with E-state index in [-0.39, 0.29) is 35.6 Å². The molecule has 3 atom stereocenters. The van der Waals surface area contributed by atoms with Crippen LogP contribution >= 0.6 is 0 Å². The number of nitrogens with one attached hydrogen (secondary N) is 1. The van der Waals surface area contributed by atoms with E-state index in [1.807, 2.05) is 0 Å². The van der Waals surface area contributed by atoms with Gasteiger partial charge in [0, 0.05) is 57.4 Å². The number of benzene rings is 1. The largest absolute Gasteiger partial charge is 0.491 e. The van der Waals surface area contributed by atoms with E-state index in [9.17, 15) is 9.59 Å². The van der Waals surface area contributed by atoms with Crippen LogP contribution < -0.4 is 10.1 Å². The van der Waals surface area contributed by atoms with Gasteiger partial charge in [0.1, 0.15) is 18.1 Å². The number of hydrogen-bond acceptors (Lipinski definition) is 7. The van der Waals surface area contributed by atoms with Gasteiger partial charge in [-0.15, -0.1) is 0 Å². The topological polar surface area (TPSA) is 96.9 Å². The van der Waals surface area contributed by atoms with Gasteiger partial charge in [0.05, 0.1) is 17.9 Å². The van der Waals surface area contributed by atoms with Gasteiger partial charge < -0.3 is 19.7 Å². The molecule has 2 aromatic rings. The lowest BCUT2D eigenvalue weighted by atomic mass is 10.0. The van der Waals surface area contributed by atoms with Crippen molar-refractivity contribution in [3.63, 3.8) is 0 Å². The van der Waals surface area contributed by atoms with Gasteiger partial charge in [0.2, 0.25) is 0 Å². The van der Waals surface area contributed by atoms with Crippen molar-refractivity contribution in [2.24, 2.45) is 5.92 Å². The number of ether oxygens (including phenoxy) is 2. The Balaban J connectivity index is 1.91. The summed E-state index contributed by atoms with van der Waals surface area (Å²) in [5.41, 5.74) is 1.16. The number of aromatic nitrogens is 2. The maximum Gasteiger partial charge on any atom is 0.275 e. The molecule has 9 heteroatoms. The molecule has 1 aromatic carbocycles. The van der Waals surface area contributed by atoms with E-state index in [2.05, 4.69) is 41.0 Å². The summed E-state index contributed by atoms with van der Waals surface area (Å²) >= 11 is 0. The summed E-state index contributed by atoms with van der Waals surface area (Å²) in [6.07, 6.45) is 5.31. The number of amides is 2. The highest BCUT2D eigenvalue weighted by molar-refractivity contribution is 6.03. The minimum atomic E-state index is -0.385. The molecule has 2 amide bonds. The molecule has 2 heterocycles. The van der Waals surface area contributed by atoms with E-state index in [1.165, 1.54) is 18.6 Å². The van der Waals surface area contributed by atoms with Gasteiger partial charge in [-0.2, -0.15) is 0 Å². The molecule has 1 aromatic heterocycles. The Bertz CT molecular complexity index is 971. The third kappa shape index (κ3) is 6.30. The first-order valence-electron chi connectivity index (χ1n) is 11.7. The molecular formula is C25H35N5O4. The molecule has 0 saturated carbocycles. The van der Waals surface area contributed by atoms with Crippen LogP contribution in [0.15, 0.2) is 36.8 Å². The summed E-state index contributed by atoms with van der Waals surface area (Å²) < 4.78 is 12.0. The van der Waals surface area contributed by atoms with Gasteiger partial charge in [-0.3, -0.25) is 19.5 Å². The van der Waals surface area contributed by atoms with Gasteiger partial charge in [0.15, 0.2) is 0 Å². The zero-order chi connectivity index (χ0) is 24.7. The highest BCUT2D eigenvalue weighted by Gasteiger charge is 2.28. The van der Waals surface area contributed by atoms with E-state index in [4.69, 9.17) is 9.47 Å². The quantitative estimate of drug-likeness (QED) is 0.719. The summed E-state index contributed by atoms with van der Waals surface area (Å²) in [6.45, 7) is 9.13.